The number of phenols is 1. The van der Waals surface area contributed by atoms with Crippen molar-refractivity contribution in [3.8, 4) is 11.8 Å². The molecule has 0 unspecified atom stereocenters. The number of nitriles is 1. The number of carbonyl (C=O) groups excluding carboxylic acids is 1. The average Bonchev–Trinajstić information content (AvgIpc) is 2.50. The maximum atomic E-state index is 13.1. The zero-order chi connectivity index (χ0) is 16.1. The van der Waals surface area contributed by atoms with Gasteiger partial charge in [-0.1, -0.05) is 12.1 Å². The Morgan fingerprint density at radius 1 is 1.14 bits per heavy atom. The Kier molecular flexibility index (Phi) is 4.49. The van der Waals surface area contributed by atoms with Gasteiger partial charge in [0.15, 0.2) is 11.6 Å². The van der Waals surface area contributed by atoms with Crippen molar-refractivity contribution in [3.05, 3.63) is 65.2 Å². The zero-order valence-corrected chi connectivity index (χ0v) is 11.2. The molecule has 0 saturated heterocycles. The summed E-state index contributed by atoms with van der Waals surface area (Å²) in [6.45, 7) is 0. The van der Waals surface area contributed by atoms with E-state index in [1.54, 1.807) is 6.07 Å². The smallest absolute Gasteiger partial charge is 0.266 e. The number of hydrogen-bond donors (Lipinski definition) is 2. The van der Waals surface area contributed by atoms with Crippen molar-refractivity contribution in [1.82, 2.24) is 0 Å². The Morgan fingerprint density at radius 3 is 2.41 bits per heavy atom. The van der Waals surface area contributed by atoms with Crippen LogP contribution in [0, 0.1) is 23.0 Å². The summed E-state index contributed by atoms with van der Waals surface area (Å²) in [5.74, 6) is -2.82. The molecule has 22 heavy (non-hydrogen) atoms. The third kappa shape index (κ3) is 3.67. The number of carbonyl (C=O) groups is 1. The summed E-state index contributed by atoms with van der Waals surface area (Å²) < 4.78 is 25.9. The SMILES string of the molecule is N#C/C(=C\c1ccc(O)cc1)C(=O)Nc1ccc(F)c(F)c1. The fourth-order valence-electron chi connectivity index (χ4n) is 1.66. The van der Waals surface area contributed by atoms with E-state index in [-0.39, 0.29) is 17.0 Å². The van der Waals surface area contributed by atoms with Gasteiger partial charge in [0.25, 0.3) is 5.91 Å². The molecule has 0 aliphatic carbocycles. The molecule has 4 nitrogen and oxygen atoms in total. The predicted molar refractivity (Wildman–Crippen MR) is 76.7 cm³/mol. The van der Waals surface area contributed by atoms with Crippen LogP contribution in [0.2, 0.25) is 0 Å². The molecule has 2 rings (SSSR count). The van der Waals surface area contributed by atoms with Crippen LogP contribution in [0.3, 0.4) is 0 Å². The molecule has 2 aromatic carbocycles. The molecule has 0 aliphatic heterocycles. The first-order chi connectivity index (χ1) is 10.5. The lowest BCUT2D eigenvalue weighted by atomic mass is 10.1. The van der Waals surface area contributed by atoms with E-state index in [1.807, 2.05) is 0 Å². The Morgan fingerprint density at radius 2 is 1.82 bits per heavy atom. The summed E-state index contributed by atoms with van der Waals surface area (Å²) in [5, 5.41) is 20.5. The summed E-state index contributed by atoms with van der Waals surface area (Å²) in [5.41, 5.74) is 0.362. The van der Waals surface area contributed by atoms with E-state index in [0.29, 0.717) is 5.56 Å². The van der Waals surface area contributed by atoms with Crippen molar-refractivity contribution in [2.45, 2.75) is 0 Å². The fourth-order valence-corrected chi connectivity index (χ4v) is 1.66. The highest BCUT2D eigenvalue weighted by Crippen LogP contribution is 2.16. The number of amides is 1. The van der Waals surface area contributed by atoms with Gasteiger partial charge < -0.3 is 10.4 Å². The Hall–Kier alpha value is -3.20. The van der Waals surface area contributed by atoms with Gasteiger partial charge in [0.2, 0.25) is 0 Å². The Bertz CT molecular complexity index is 778. The van der Waals surface area contributed by atoms with Crippen molar-refractivity contribution in [1.29, 1.82) is 5.26 Å². The van der Waals surface area contributed by atoms with Gasteiger partial charge in [0.1, 0.15) is 17.4 Å². The van der Waals surface area contributed by atoms with Gasteiger partial charge in [0, 0.05) is 11.8 Å². The monoisotopic (exact) mass is 300 g/mol. The van der Waals surface area contributed by atoms with Crippen molar-refractivity contribution < 1.29 is 18.7 Å². The highest BCUT2D eigenvalue weighted by molar-refractivity contribution is 6.09. The van der Waals surface area contributed by atoms with E-state index in [0.717, 1.165) is 12.1 Å². The fraction of sp³-hybridized carbons (Fsp3) is 0. The van der Waals surface area contributed by atoms with E-state index >= 15 is 0 Å². The second kappa shape index (κ2) is 6.50. The van der Waals surface area contributed by atoms with Gasteiger partial charge in [-0.25, -0.2) is 8.78 Å². The van der Waals surface area contributed by atoms with Crippen molar-refractivity contribution >= 4 is 17.7 Å². The lowest BCUT2D eigenvalue weighted by Gasteiger charge is -2.05. The van der Waals surface area contributed by atoms with E-state index in [4.69, 9.17) is 10.4 Å². The summed E-state index contributed by atoms with van der Waals surface area (Å²) in [4.78, 5) is 11.9. The number of anilines is 1. The molecule has 0 fully saturated rings. The van der Waals surface area contributed by atoms with Crippen LogP contribution >= 0.6 is 0 Å². The van der Waals surface area contributed by atoms with Gasteiger partial charge in [-0.2, -0.15) is 5.26 Å². The molecule has 2 aromatic rings. The number of nitrogens with zero attached hydrogens (tertiary/aromatic N) is 1. The highest BCUT2D eigenvalue weighted by Gasteiger charge is 2.11. The first-order valence-electron chi connectivity index (χ1n) is 6.17. The van der Waals surface area contributed by atoms with Crippen LogP contribution in [-0.4, -0.2) is 11.0 Å². The van der Waals surface area contributed by atoms with Crippen LogP contribution in [0.1, 0.15) is 5.56 Å². The molecule has 0 saturated carbocycles. The molecule has 0 aromatic heterocycles. The summed E-state index contributed by atoms with van der Waals surface area (Å²) in [7, 11) is 0. The third-order valence-electron chi connectivity index (χ3n) is 2.75. The molecule has 0 bridgehead atoms. The number of aromatic hydroxyl groups is 1. The van der Waals surface area contributed by atoms with Crippen LogP contribution in [-0.2, 0) is 4.79 Å². The molecule has 0 spiro atoms. The number of halogens is 2. The van der Waals surface area contributed by atoms with E-state index in [1.165, 1.54) is 36.4 Å². The van der Waals surface area contributed by atoms with Gasteiger partial charge >= 0.3 is 0 Å². The van der Waals surface area contributed by atoms with Crippen molar-refractivity contribution in [2.24, 2.45) is 0 Å². The largest absolute Gasteiger partial charge is 0.508 e. The van der Waals surface area contributed by atoms with Crippen LogP contribution in [0.25, 0.3) is 6.08 Å². The normalized spacial score (nSPS) is 10.9. The molecule has 2 N–H and O–H groups in total. The Balaban J connectivity index is 2.20. The topological polar surface area (TPSA) is 73.1 Å². The molecular formula is C16H10F2N2O2. The molecule has 0 aliphatic rings. The average molecular weight is 300 g/mol. The van der Waals surface area contributed by atoms with Gasteiger partial charge in [-0.3, -0.25) is 4.79 Å². The predicted octanol–water partition coefficient (Wildman–Crippen LogP) is 3.22. The summed E-state index contributed by atoms with van der Waals surface area (Å²) >= 11 is 0. The molecule has 0 radical (unpaired) electrons. The van der Waals surface area contributed by atoms with Gasteiger partial charge in [-0.05, 0) is 35.9 Å². The number of benzene rings is 2. The quantitative estimate of drug-likeness (QED) is 0.675. The second-order valence-corrected chi connectivity index (χ2v) is 4.34. The third-order valence-corrected chi connectivity index (χ3v) is 2.75. The number of phenolic OH excluding ortho intramolecular Hbond substituents is 1. The number of nitrogens with one attached hydrogen (secondary N) is 1. The van der Waals surface area contributed by atoms with Crippen LogP contribution in [0.5, 0.6) is 5.75 Å². The van der Waals surface area contributed by atoms with E-state index in [2.05, 4.69) is 5.32 Å². The molecule has 6 heteroatoms. The van der Waals surface area contributed by atoms with Crippen molar-refractivity contribution in [3.63, 3.8) is 0 Å². The van der Waals surface area contributed by atoms with Crippen molar-refractivity contribution in [2.75, 3.05) is 5.32 Å². The van der Waals surface area contributed by atoms with Gasteiger partial charge in [-0.15, -0.1) is 0 Å². The first-order valence-corrected chi connectivity index (χ1v) is 6.17. The molecule has 1 amide bonds. The molecular weight excluding hydrogens is 290 g/mol. The lowest BCUT2D eigenvalue weighted by molar-refractivity contribution is -0.112. The molecule has 110 valence electrons. The Labute approximate surface area is 124 Å². The minimum atomic E-state index is -1.10. The zero-order valence-electron chi connectivity index (χ0n) is 11.2. The van der Waals surface area contributed by atoms with Crippen LogP contribution in [0.4, 0.5) is 14.5 Å². The van der Waals surface area contributed by atoms with Gasteiger partial charge in [0.05, 0.1) is 0 Å². The van der Waals surface area contributed by atoms with Crippen LogP contribution in [0.15, 0.2) is 48.0 Å². The standard InChI is InChI=1S/C16H10F2N2O2/c17-14-6-3-12(8-15(14)18)20-16(22)11(9-19)7-10-1-4-13(21)5-2-10/h1-8,21H,(H,20,22)/b11-7+. The van der Waals surface area contributed by atoms with E-state index in [9.17, 15) is 13.6 Å². The maximum absolute atomic E-state index is 13.1. The molecule has 0 atom stereocenters. The first kappa shape index (κ1) is 15.2. The summed E-state index contributed by atoms with van der Waals surface area (Å²) in [6.07, 6.45) is 1.31. The lowest BCUT2D eigenvalue weighted by Crippen LogP contribution is -2.13. The van der Waals surface area contributed by atoms with E-state index < -0.39 is 17.5 Å². The summed E-state index contributed by atoms with van der Waals surface area (Å²) in [6, 6.07) is 10.5. The minimum Gasteiger partial charge on any atom is -0.508 e. The maximum Gasteiger partial charge on any atom is 0.266 e. The highest BCUT2D eigenvalue weighted by atomic mass is 19.2. The number of hydrogen-bond acceptors (Lipinski definition) is 3. The molecule has 0 heterocycles. The van der Waals surface area contributed by atoms with Crippen LogP contribution < -0.4 is 5.32 Å². The number of rotatable bonds is 3. The minimum absolute atomic E-state index is 0.0377. The second-order valence-electron chi connectivity index (χ2n) is 4.34.